The number of carbonyl (C=O) groups is 2. The smallest absolute Gasteiger partial charge is 0.414 e. The van der Waals surface area contributed by atoms with Gasteiger partial charge >= 0.3 is 6.09 Å². The van der Waals surface area contributed by atoms with Crippen LogP contribution in [0.3, 0.4) is 0 Å². The molecule has 0 radical (unpaired) electrons. The van der Waals surface area contributed by atoms with Crippen LogP contribution in [0.15, 0.2) is 60.7 Å². The molecule has 0 heterocycles. The van der Waals surface area contributed by atoms with Gasteiger partial charge in [0.1, 0.15) is 6.61 Å². The Morgan fingerprint density at radius 3 is 2.17 bits per heavy atom. The van der Waals surface area contributed by atoms with Crippen molar-refractivity contribution >= 4 is 12.0 Å². The van der Waals surface area contributed by atoms with Gasteiger partial charge in [0.05, 0.1) is 12.5 Å². The molecule has 126 valence electrons. The van der Waals surface area contributed by atoms with Gasteiger partial charge in [-0.2, -0.15) is 0 Å². The number of hydrogen-bond donors (Lipinski definition) is 2. The molecule has 0 aliphatic carbocycles. The van der Waals surface area contributed by atoms with Gasteiger partial charge in [0.2, 0.25) is 5.91 Å². The van der Waals surface area contributed by atoms with Gasteiger partial charge in [-0.05, 0) is 24.0 Å². The molecule has 0 saturated heterocycles. The highest BCUT2D eigenvalue weighted by atomic mass is 16.5. The molecule has 0 aromatic heterocycles. The minimum atomic E-state index is -0.806. The number of aliphatic hydroxyl groups is 1. The zero-order chi connectivity index (χ0) is 17.2. The largest absolute Gasteiger partial charge is 0.444 e. The SMILES string of the molecule is O=C(C[C@H](O)CCc1ccccc1)NC(=O)OCc1ccccc1. The molecule has 0 spiro atoms. The maximum absolute atomic E-state index is 11.7. The van der Waals surface area contributed by atoms with Gasteiger partial charge < -0.3 is 9.84 Å². The lowest BCUT2D eigenvalue weighted by atomic mass is 10.1. The van der Waals surface area contributed by atoms with Crippen LogP contribution in [-0.2, 0) is 22.6 Å². The molecule has 0 aliphatic heterocycles. The van der Waals surface area contributed by atoms with Crippen LogP contribution < -0.4 is 5.32 Å². The molecule has 2 rings (SSSR count). The number of aryl methyl sites for hydroxylation is 1. The third-order valence-corrected chi connectivity index (χ3v) is 3.48. The van der Waals surface area contributed by atoms with Gasteiger partial charge in [-0.1, -0.05) is 60.7 Å². The molecule has 0 unspecified atom stereocenters. The number of rotatable bonds is 7. The number of imide groups is 1. The van der Waals surface area contributed by atoms with E-state index < -0.39 is 18.1 Å². The third-order valence-electron chi connectivity index (χ3n) is 3.48. The van der Waals surface area contributed by atoms with Crippen LogP contribution in [0.2, 0.25) is 0 Å². The second-order valence-electron chi connectivity index (χ2n) is 5.49. The maximum atomic E-state index is 11.7. The lowest BCUT2D eigenvalue weighted by Crippen LogP contribution is -2.33. The van der Waals surface area contributed by atoms with E-state index in [1.54, 1.807) is 0 Å². The second kappa shape index (κ2) is 9.47. The summed E-state index contributed by atoms with van der Waals surface area (Å²) in [6, 6.07) is 18.9. The molecule has 1 atom stereocenters. The van der Waals surface area contributed by atoms with E-state index >= 15 is 0 Å². The summed E-state index contributed by atoms with van der Waals surface area (Å²) in [5.74, 6) is -0.548. The van der Waals surface area contributed by atoms with Crippen LogP contribution in [0.5, 0.6) is 0 Å². The molecule has 2 N–H and O–H groups in total. The number of aliphatic hydroxyl groups excluding tert-OH is 1. The van der Waals surface area contributed by atoms with Gasteiger partial charge in [-0.15, -0.1) is 0 Å². The highest BCUT2D eigenvalue weighted by molar-refractivity contribution is 5.91. The van der Waals surface area contributed by atoms with E-state index in [2.05, 4.69) is 5.32 Å². The Kier molecular flexibility index (Phi) is 6.98. The molecule has 2 aromatic rings. The van der Waals surface area contributed by atoms with E-state index in [-0.39, 0.29) is 13.0 Å². The van der Waals surface area contributed by atoms with E-state index in [1.165, 1.54) is 0 Å². The van der Waals surface area contributed by atoms with E-state index in [9.17, 15) is 14.7 Å². The standard InChI is InChI=1S/C19H21NO4/c21-17(12-11-15-7-3-1-4-8-15)13-18(22)20-19(23)24-14-16-9-5-2-6-10-16/h1-10,17,21H,11-14H2,(H,20,22,23)/t17-/m1/s1. The molecular weight excluding hydrogens is 306 g/mol. The van der Waals surface area contributed by atoms with Crippen molar-refractivity contribution in [3.63, 3.8) is 0 Å². The minimum absolute atomic E-state index is 0.0938. The van der Waals surface area contributed by atoms with Crippen molar-refractivity contribution < 1.29 is 19.4 Å². The van der Waals surface area contributed by atoms with Crippen LogP contribution in [0, 0.1) is 0 Å². The first kappa shape index (κ1) is 17.7. The quantitative estimate of drug-likeness (QED) is 0.820. The van der Waals surface area contributed by atoms with Crippen LogP contribution in [0.25, 0.3) is 0 Å². The molecule has 0 aliphatic rings. The van der Waals surface area contributed by atoms with Gasteiger partial charge in [-0.25, -0.2) is 4.79 Å². The number of amides is 2. The van der Waals surface area contributed by atoms with Crippen molar-refractivity contribution in [1.82, 2.24) is 5.32 Å². The lowest BCUT2D eigenvalue weighted by Gasteiger charge is -2.11. The molecule has 5 heteroatoms. The summed E-state index contributed by atoms with van der Waals surface area (Å²) in [5.41, 5.74) is 1.93. The van der Waals surface area contributed by atoms with Gasteiger partial charge in [0.25, 0.3) is 0 Å². The van der Waals surface area contributed by atoms with Crippen molar-refractivity contribution in [2.75, 3.05) is 0 Å². The fraction of sp³-hybridized carbons (Fsp3) is 0.263. The highest BCUT2D eigenvalue weighted by Crippen LogP contribution is 2.07. The Bertz CT molecular complexity index is 643. The summed E-state index contributed by atoms with van der Waals surface area (Å²) in [6.07, 6.45) is -0.608. The summed E-state index contributed by atoms with van der Waals surface area (Å²) in [7, 11) is 0. The number of carbonyl (C=O) groups excluding carboxylic acids is 2. The summed E-state index contributed by atoms with van der Waals surface area (Å²) in [6.45, 7) is 0.0938. The summed E-state index contributed by atoms with van der Waals surface area (Å²) in [4.78, 5) is 23.3. The first-order valence-corrected chi connectivity index (χ1v) is 7.86. The Morgan fingerprint density at radius 2 is 1.54 bits per heavy atom. The molecule has 2 amide bonds. The topological polar surface area (TPSA) is 75.6 Å². The molecule has 24 heavy (non-hydrogen) atoms. The van der Waals surface area contributed by atoms with E-state index in [0.717, 1.165) is 11.1 Å². The number of hydrogen-bond acceptors (Lipinski definition) is 4. The number of ether oxygens (including phenoxy) is 1. The first-order valence-electron chi connectivity index (χ1n) is 7.86. The molecule has 0 saturated carbocycles. The van der Waals surface area contributed by atoms with E-state index in [0.29, 0.717) is 12.8 Å². The van der Waals surface area contributed by atoms with Crippen LogP contribution in [0.4, 0.5) is 4.79 Å². The monoisotopic (exact) mass is 327 g/mol. The normalized spacial score (nSPS) is 11.5. The fourth-order valence-electron chi connectivity index (χ4n) is 2.22. The van der Waals surface area contributed by atoms with Crippen molar-refractivity contribution in [3.05, 3.63) is 71.8 Å². The van der Waals surface area contributed by atoms with Crippen molar-refractivity contribution in [2.24, 2.45) is 0 Å². The van der Waals surface area contributed by atoms with E-state index in [1.807, 2.05) is 60.7 Å². The predicted molar refractivity (Wildman–Crippen MR) is 90.2 cm³/mol. The average molecular weight is 327 g/mol. The molecule has 0 bridgehead atoms. The number of benzene rings is 2. The minimum Gasteiger partial charge on any atom is -0.444 e. The predicted octanol–water partition coefficient (Wildman–Crippen LogP) is 2.82. The Morgan fingerprint density at radius 1 is 0.958 bits per heavy atom. The average Bonchev–Trinajstić information content (AvgIpc) is 2.60. The summed E-state index contributed by atoms with van der Waals surface area (Å²) in [5, 5.41) is 12.0. The Balaban J connectivity index is 1.65. The molecule has 0 fully saturated rings. The Hall–Kier alpha value is -2.66. The van der Waals surface area contributed by atoms with Gasteiger partial charge in [0, 0.05) is 0 Å². The maximum Gasteiger partial charge on any atom is 0.414 e. The lowest BCUT2D eigenvalue weighted by molar-refractivity contribution is -0.122. The molecular formula is C19H21NO4. The van der Waals surface area contributed by atoms with E-state index in [4.69, 9.17) is 4.74 Å². The molecule has 2 aromatic carbocycles. The van der Waals surface area contributed by atoms with Crippen LogP contribution in [0.1, 0.15) is 24.0 Å². The van der Waals surface area contributed by atoms with Crippen LogP contribution in [-0.4, -0.2) is 23.2 Å². The van der Waals surface area contributed by atoms with Gasteiger partial charge in [-0.3, -0.25) is 10.1 Å². The van der Waals surface area contributed by atoms with Gasteiger partial charge in [0.15, 0.2) is 0 Å². The van der Waals surface area contributed by atoms with Crippen LogP contribution >= 0.6 is 0 Å². The molecule has 5 nitrogen and oxygen atoms in total. The third kappa shape index (κ3) is 6.62. The second-order valence-corrected chi connectivity index (χ2v) is 5.49. The zero-order valence-electron chi connectivity index (χ0n) is 13.4. The summed E-state index contributed by atoms with van der Waals surface area (Å²) < 4.78 is 4.96. The van der Waals surface area contributed by atoms with Crippen molar-refractivity contribution in [2.45, 2.75) is 32.0 Å². The highest BCUT2D eigenvalue weighted by Gasteiger charge is 2.14. The van der Waals surface area contributed by atoms with Crippen molar-refractivity contribution in [3.8, 4) is 0 Å². The first-order chi connectivity index (χ1) is 11.6. The summed E-state index contributed by atoms with van der Waals surface area (Å²) >= 11 is 0. The number of nitrogens with one attached hydrogen (secondary N) is 1. The zero-order valence-corrected chi connectivity index (χ0v) is 13.4. The number of alkyl carbamates (subject to hydrolysis) is 1. The Labute approximate surface area is 141 Å². The van der Waals surface area contributed by atoms with Crippen molar-refractivity contribution in [1.29, 1.82) is 0 Å². The fourth-order valence-corrected chi connectivity index (χ4v) is 2.22.